The third-order valence-corrected chi connectivity index (χ3v) is 4.08. The number of hydrogen-bond donors (Lipinski definition) is 1. The van der Waals surface area contributed by atoms with Gasteiger partial charge >= 0.3 is 0 Å². The van der Waals surface area contributed by atoms with E-state index in [-0.39, 0.29) is 0 Å². The number of ether oxygens (including phenoxy) is 1. The van der Waals surface area contributed by atoms with Crippen molar-refractivity contribution in [3.05, 3.63) is 0 Å². The first-order valence-corrected chi connectivity index (χ1v) is 7.42. The predicted octanol–water partition coefficient (Wildman–Crippen LogP) is 1.88. The van der Waals surface area contributed by atoms with E-state index in [1.807, 2.05) is 0 Å². The molecule has 17 heavy (non-hydrogen) atoms. The number of rotatable bonds is 5. The highest BCUT2D eigenvalue weighted by molar-refractivity contribution is 4.77. The molecule has 2 atom stereocenters. The summed E-state index contributed by atoms with van der Waals surface area (Å²) in [5.74, 6) is 0.769. The zero-order valence-corrected chi connectivity index (χ0v) is 11.3. The molecular weight excluding hydrogens is 212 g/mol. The van der Waals surface area contributed by atoms with Crippen LogP contribution >= 0.6 is 0 Å². The average Bonchev–Trinajstić information content (AvgIpc) is 2.75. The second kappa shape index (κ2) is 7.34. The highest BCUT2D eigenvalue weighted by Crippen LogP contribution is 2.14. The molecular formula is C14H28N2O. The van der Waals surface area contributed by atoms with Crippen molar-refractivity contribution in [2.75, 3.05) is 39.4 Å². The van der Waals surface area contributed by atoms with E-state index in [9.17, 15) is 0 Å². The second-order valence-corrected chi connectivity index (χ2v) is 5.61. The Balaban J connectivity index is 1.63. The van der Waals surface area contributed by atoms with Gasteiger partial charge in [0.2, 0.25) is 0 Å². The molecule has 0 aliphatic carbocycles. The van der Waals surface area contributed by atoms with Gasteiger partial charge in [0.1, 0.15) is 0 Å². The zero-order chi connectivity index (χ0) is 11.9. The molecule has 0 aromatic carbocycles. The molecule has 0 radical (unpaired) electrons. The molecule has 2 unspecified atom stereocenters. The molecule has 2 saturated heterocycles. The molecule has 0 spiro atoms. The first kappa shape index (κ1) is 13.3. The number of likely N-dealkylation sites (tertiary alicyclic amines) is 1. The Morgan fingerprint density at radius 3 is 2.94 bits per heavy atom. The standard InChI is InChI=1S/C14H28N2O/c1-2-7-16-8-3-4-14(5-9-16)15-11-13-6-10-17-12-13/h13-15H,2-12H2,1H3. The average molecular weight is 240 g/mol. The van der Waals surface area contributed by atoms with Crippen LogP contribution in [0.25, 0.3) is 0 Å². The summed E-state index contributed by atoms with van der Waals surface area (Å²) >= 11 is 0. The van der Waals surface area contributed by atoms with E-state index >= 15 is 0 Å². The van der Waals surface area contributed by atoms with Gasteiger partial charge in [-0.05, 0) is 57.7 Å². The van der Waals surface area contributed by atoms with Crippen LogP contribution in [-0.2, 0) is 4.74 Å². The molecule has 0 bridgehead atoms. The molecule has 1 N–H and O–H groups in total. The maximum absolute atomic E-state index is 5.42. The molecule has 3 heteroatoms. The fraction of sp³-hybridized carbons (Fsp3) is 1.00. The maximum Gasteiger partial charge on any atom is 0.0507 e. The summed E-state index contributed by atoms with van der Waals surface area (Å²) in [4.78, 5) is 2.63. The van der Waals surface area contributed by atoms with Crippen molar-refractivity contribution < 1.29 is 4.74 Å². The van der Waals surface area contributed by atoms with Gasteiger partial charge in [-0.25, -0.2) is 0 Å². The lowest BCUT2D eigenvalue weighted by atomic mass is 10.1. The van der Waals surface area contributed by atoms with Crippen molar-refractivity contribution in [3.8, 4) is 0 Å². The van der Waals surface area contributed by atoms with Gasteiger partial charge < -0.3 is 15.0 Å². The zero-order valence-electron chi connectivity index (χ0n) is 11.3. The lowest BCUT2D eigenvalue weighted by Gasteiger charge is -2.20. The molecule has 100 valence electrons. The summed E-state index contributed by atoms with van der Waals surface area (Å²) in [6, 6.07) is 0.748. The summed E-state index contributed by atoms with van der Waals surface area (Å²) in [6.45, 7) is 9.26. The minimum absolute atomic E-state index is 0.748. The van der Waals surface area contributed by atoms with Crippen LogP contribution in [0.5, 0.6) is 0 Å². The monoisotopic (exact) mass is 240 g/mol. The second-order valence-electron chi connectivity index (χ2n) is 5.61. The van der Waals surface area contributed by atoms with Crippen molar-refractivity contribution in [2.24, 2.45) is 5.92 Å². The SMILES string of the molecule is CCCN1CCCC(NCC2CCOC2)CC1. The molecule has 3 nitrogen and oxygen atoms in total. The van der Waals surface area contributed by atoms with Crippen LogP contribution in [0.4, 0.5) is 0 Å². The first-order chi connectivity index (χ1) is 8.38. The van der Waals surface area contributed by atoms with Gasteiger partial charge in [0.15, 0.2) is 0 Å². The molecule has 2 rings (SSSR count). The van der Waals surface area contributed by atoms with Crippen LogP contribution in [-0.4, -0.2) is 50.3 Å². The lowest BCUT2D eigenvalue weighted by molar-refractivity contribution is 0.184. The molecule has 2 aliphatic rings. The first-order valence-electron chi connectivity index (χ1n) is 7.42. The summed E-state index contributed by atoms with van der Waals surface area (Å²) in [5.41, 5.74) is 0. The predicted molar refractivity (Wildman–Crippen MR) is 71.3 cm³/mol. The Morgan fingerprint density at radius 2 is 2.18 bits per heavy atom. The van der Waals surface area contributed by atoms with E-state index in [1.54, 1.807) is 0 Å². The molecule has 0 saturated carbocycles. The summed E-state index contributed by atoms with van der Waals surface area (Å²) in [5, 5.41) is 3.76. The van der Waals surface area contributed by atoms with Crippen molar-refractivity contribution in [1.29, 1.82) is 0 Å². The van der Waals surface area contributed by atoms with Crippen LogP contribution in [0.1, 0.15) is 39.0 Å². The number of nitrogens with one attached hydrogen (secondary N) is 1. The topological polar surface area (TPSA) is 24.5 Å². The van der Waals surface area contributed by atoms with E-state index < -0.39 is 0 Å². The Morgan fingerprint density at radius 1 is 1.24 bits per heavy atom. The van der Waals surface area contributed by atoms with Gasteiger partial charge in [-0.15, -0.1) is 0 Å². The largest absolute Gasteiger partial charge is 0.381 e. The van der Waals surface area contributed by atoms with Gasteiger partial charge in [0.05, 0.1) is 6.61 Å². The van der Waals surface area contributed by atoms with E-state index in [1.165, 1.54) is 58.3 Å². The Labute approximate surface area is 106 Å². The van der Waals surface area contributed by atoms with E-state index in [0.717, 1.165) is 25.2 Å². The highest BCUT2D eigenvalue weighted by atomic mass is 16.5. The highest BCUT2D eigenvalue weighted by Gasteiger charge is 2.19. The van der Waals surface area contributed by atoms with Crippen LogP contribution in [0.2, 0.25) is 0 Å². The molecule has 0 aromatic heterocycles. The van der Waals surface area contributed by atoms with Gasteiger partial charge in [0, 0.05) is 19.2 Å². The molecule has 2 heterocycles. The third-order valence-electron chi connectivity index (χ3n) is 4.08. The van der Waals surface area contributed by atoms with E-state index in [4.69, 9.17) is 4.74 Å². The van der Waals surface area contributed by atoms with E-state index in [2.05, 4.69) is 17.1 Å². The molecule has 0 aromatic rings. The molecule has 0 amide bonds. The van der Waals surface area contributed by atoms with Crippen molar-refractivity contribution in [3.63, 3.8) is 0 Å². The quantitative estimate of drug-likeness (QED) is 0.794. The van der Waals surface area contributed by atoms with E-state index in [0.29, 0.717) is 0 Å². The van der Waals surface area contributed by atoms with Crippen LogP contribution in [0, 0.1) is 5.92 Å². The summed E-state index contributed by atoms with van der Waals surface area (Å²) in [6.07, 6.45) is 6.58. The van der Waals surface area contributed by atoms with Crippen molar-refractivity contribution in [1.82, 2.24) is 10.2 Å². The van der Waals surface area contributed by atoms with Gasteiger partial charge in [-0.1, -0.05) is 6.92 Å². The van der Waals surface area contributed by atoms with Gasteiger partial charge in [0.25, 0.3) is 0 Å². The summed E-state index contributed by atoms with van der Waals surface area (Å²) < 4.78 is 5.42. The Hall–Kier alpha value is -0.120. The Bertz CT molecular complexity index is 204. The van der Waals surface area contributed by atoms with Crippen LogP contribution < -0.4 is 5.32 Å². The lowest BCUT2D eigenvalue weighted by Crippen LogP contribution is -2.34. The van der Waals surface area contributed by atoms with Crippen molar-refractivity contribution in [2.45, 2.75) is 45.1 Å². The number of hydrogen-bond acceptors (Lipinski definition) is 3. The smallest absolute Gasteiger partial charge is 0.0507 e. The van der Waals surface area contributed by atoms with Gasteiger partial charge in [-0.2, -0.15) is 0 Å². The normalized spacial score (nSPS) is 31.6. The fourth-order valence-corrected chi connectivity index (χ4v) is 2.98. The minimum atomic E-state index is 0.748. The van der Waals surface area contributed by atoms with Crippen LogP contribution in [0.15, 0.2) is 0 Å². The third kappa shape index (κ3) is 4.57. The van der Waals surface area contributed by atoms with Crippen LogP contribution in [0.3, 0.4) is 0 Å². The minimum Gasteiger partial charge on any atom is -0.381 e. The molecule has 2 fully saturated rings. The number of nitrogens with zero attached hydrogens (tertiary/aromatic N) is 1. The maximum atomic E-state index is 5.42. The van der Waals surface area contributed by atoms with Crippen molar-refractivity contribution >= 4 is 0 Å². The summed E-state index contributed by atoms with van der Waals surface area (Å²) in [7, 11) is 0. The Kier molecular flexibility index (Phi) is 5.75. The van der Waals surface area contributed by atoms with Gasteiger partial charge in [-0.3, -0.25) is 0 Å². The fourth-order valence-electron chi connectivity index (χ4n) is 2.98. The molecule has 2 aliphatic heterocycles.